The van der Waals surface area contributed by atoms with E-state index < -0.39 is 0 Å². The van der Waals surface area contributed by atoms with Crippen LogP contribution in [0.3, 0.4) is 0 Å². The summed E-state index contributed by atoms with van der Waals surface area (Å²) in [5.41, 5.74) is 0.623. The van der Waals surface area contributed by atoms with Gasteiger partial charge >= 0.3 is 0 Å². The standard InChI is InChI=1S/C14H17ClN2O/c15-12-6-2-1-5-11(12)14(18)17-8-10-4-3-7-16-13(10)9-17/h1-2,5-6,10,13,16H,3-4,7-9H2/t10-,13+/m0/s1. The van der Waals surface area contributed by atoms with E-state index in [1.54, 1.807) is 12.1 Å². The van der Waals surface area contributed by atoms with E-state index >= 15 is 0 Å². The molecule has 0 bridgehead atoms. The highest BCUT2D eigenvalue weighted by Gasteiger charge is 2.36. The van der Waals surface area contributed by atoms with E-state index in [2.05, 4.69) is 5.32 Å². The number of rotatable bonds is 1. The maximum Gasteiger partial charge on any atom is 0.255 e. The molecule has 96 valence electrons. The third kappa shape index (κ3) is 2.13. The van der Waals surface area contributed by atoms with Crippen LogP contribution in [0.2, 0.25) is 5.02 Å². The average Bonchev–Trinajstić information content (AvgIpc) is 2.82. The van der Waals surface area contributed by atoms with Crippen LogP contribution in [0.25, 0.3) is 0 Å². The van der Waals surface area contributed by atoms with Crippen LogP contribution in [0, 0.1) is 5.92 Å². The molecule has 2 saturated heterocycles. The Morgan fingerprint density at radius 1 is 1.33 bits per heavy atom. The van der Waals surface area contributed by atoms with Crippen LogP contribution in [-0.2, 0) is 0 Å². The number of hydrogen-bond acceptors (Lipinski definition) is 2. The van der Waals surface area contributed by atoms with Crippen molar-refractivity contribution in [2.75, 3.05) is 19.6 Å². The lowest BCUT2D eigenvalue weighted by atomic mass is 9.94. The summed E-state index contributed by atoms with van der Waals surface area (Å²) in [5, 5.41) is 4.05. The fraction of sp³-hybridized carbons (Fsp3) is 0.500. The molecule has 0 unspecified atom stereocenters. The molecule has 1 aromatic carbocycles. The minimum atomic E-state index is 0.0665. The Labute approximate surface area is 112 Å². The zero-order valence-electron chi connectivity index (χ0n) is 10.2. The van der Waals surface area contributed by atoms with E-state index in [1.165, 1.54) is 12.8 Å². The monoisotopic (exact) mass is 264 g/mol. The maximum atomic E-state index is 12.4. The first-order chi connectivity index (χ1) is 8.75. The molecule has 3 rings (SSSR count). The van der Waals surface area contributed by atoms with Gasteiger partial charge in [0.05, 0.1) is 10.6 Å². The predicted octanol–water partition coefficient (Wildman–Crippen LogP) is 2.16. The Balaban J connectivity index is 1.76. The average molecular weight is 265 g/mol. The number of nitrogens with one attached hydrogen (secondary N) is 1. The van der Waals surface area contributed by atoms with E-state index in [4.69, 9.17) is 11.6 Å². The zero-order valence-corrected chi connectivity index (χ0v) is 11.0. The first-order valence-corrected chi connectivity index (χ1v) is 6.90. The molecule has 2 fully saturated rings. The molecule has 4 heteroatoms. The minimum absolute atomic E-state index is 0.0665. The van der Waals surface area contributed by atoms with Crippen LogP contribution in [0.1, 0.15) is 23.2 Å². The Morgan fingerprint density at radius 2 is 2.17 bits per heavy atom. The summed E-state index contributed by atoms with van der Waals surface area (Å²) < 4.78 is 0. The van der Waals surface area contributed by atoms with Crippen LogP contribution in [0.15, 0.2) is 24.3 Å². The van der Waals surface area contributed by atoms with E-state index in [9.17, 15) is 4.79 Å². The smallest absolute Gasteiger partial charge is 0.255 e. The molecule has 0 spiro atoms. The quantitative estimate of drug-likeness (QED) is 0.843. The second-order valence-electron chi connectivity index (χ2n) is 5.15. The van der Waals surface area contributed by atoms with Gasteiger partial charge in [0.1, 0.15) is 0 Å². The molecular weight excluding hydrogens is 248 g/mol. The Hall–Kier alpha value is -1.06. The molecule has 0 aliphatic carbocycles. The SMILES string of the molecule is O=C(c1ccccc1Cl)N1C[C@@H]2CCCN[C@@H]2C1. The number of piperidine rings is 1. The van der Waals surface area contributed by atoms with Gasteiger partial charge in [-0.15, -0.1) is 0 Å². The van der Waals surface area contributed by atoms with Gasteiger partial charge in [0.15, 0.2) is 0 Å². The Morgan fingerprint density at radius 3 is 2.94 bits per heavy atom. The van der Waals surface area contributed by atoms with Gasteiger partial charge in [-0.2, -0.15) is 0 Å². The van der Waals surface area contributed by atoms with Gasteiger partial charge in [-0.05, 0) is 37.4 Å². The summed E-state index contributed by atoms with van der Waals surface area (Å²) in [6.07, 6.45) is 2.44. The molecule has 0 saturated carbocycles. The summed E-state index contributed by atoms with van der Waals surface area (Å²) in [4.78, 5) is 14.4. The lowest BCUT2D eigenvalue weighted by Crippen LogP contribution is -2.41. The normalized spacial score (nSPS) is 27.1. The zero-order chi connectivity index (χ0) is 12.5. The molecule has 2 aliphatic rings. The molecule has 0 radical (unpaired) electrons. The first-order valence-electron chi connectivity index (χ1n) is 6.53. The lowest BCUT2D eigenvalue weighted by Gasteiger charge is -2.24. The summed E-state index contributed by atoms with van der Waals surface area (Å²) in [7, 11) is 0. The molecule has 2 heterocycles. The second kappa shape index (κ2) is 4.90. The van der Waals surface area contributed by atoms with Crippen molar-refractivity contribution in [1.29, 1.82) is 0 Å². The molecular formula is C14H17ClN2O. The van der Waals surface area contributed by atoms with Crippen LogP contribution >= 0.6 is 11.6 Å². The fourth-order valence-electron chi connectivity index (χ4n) is 3.02. The number of fused-ring (bicyclic) bond motifs is 1. The summed E-state index contributed by atoms with van der Waals surface area (Å²) in [6, 6.07) is 7.77. The van der Waals surface area contributed by atoms with Crippen LogP contribution in [0.5, 0.6) is 0 Å². The van der Waals surface area contributed by atoms with Crippen molar-refractivity contribution >= 4 is 17.5 Å². The van der Waals surface area contributed by atoms with Gasteiger partial charge in [-0.25, -0.2) is 0 Å². The topological polar surface area (TPSA) is 32.3 Å². The van der Waals surface area contributed by atoms with Gasteiger partial charge in [0, 0.05) is 19.1 Å². The van der Waals surface area contributed by atoms with Crippen molar-refractivity contribution in [3.63, 3.8) is 0 Å². The number of likely N-dealkylation sites (tertiary alicyclic amines) is 1. The van der Waals surface area contributed by atoms with Gasteiger partial charge < -0.3 is 10.2 Å². The van der Waals surface area contributed by atoms with E-state index in [-0.39, 0.29) is 5.91 Å². The number of carbonyl (C=O) groups is 1. The third-order valence-corrected chi connectivity index (χ3v) is 4.32. The van der Waals surface area contributed by atoms with E-state index in [0.717, 1.165) is 19.6 Å². The van der Waals surface area contributed by atoms with Crippen molar-refractivity contribution in [1.82, 2.24) is 10.2 Å². The molecule has 18 heavy (non-hydrogen) atoms. The largest absolute Gasteiger partial charge is 0.337 e. The lowest BCUT2D eigenvalue weighted by molar-refractivity contribution is 0.0786. The highest BCUT2D eigenvalue weighted by molar-refractivity contribution is 6.33. The highest BCUT2D eigenvalue weighted by Crippen LogP contribution is 2.27. The fourth-order valence-corrected chi connectivity index (χ4v) is 3.23. The number of carbonyl (C=O) groups excluding carboxylic acids is 1. The molecule has 3 nitrogen and oxygen atoms in total. The van der Waals surface area contributed by atoms with Crippen molar-refractivity contribution in [2.45, 2.75) is 18.9 Å². The van der Waals surface area contributed by atoms with Gasteiger partial charge in [-0.1, -0.05) is 23.7 Å². The predicted molar refractivity (Wildman–Crippen MR) is 71.9 cm³/mol. The summed E-state index contributed by atoms with van der Waals surface area (Å²) >= 11 is 6.09. The molecule has 2 aliphatic heterocycles. The summed E-state index contributed by atoms with van der Waals surface area (Å²) in [5.74, 6) is 0.682. The highest BCUT2D eigenvalue weighted by atomic mass is 35.5. The molecule has 1 aromatic rings. The van der Waals surface area contributed by atoms with Crippen molar-refractivity contribution in [2.24, 2.45) is 5.92 Å². The Bertz CT molecular complexity index is 449. The number of amides is 1. The molecule has 1 N–H and O–H groups in total. The number of halogens is 1. The Kier molecular flexibility index (Phi) is 3.27. The number of nitrogens with zero attached hydrogens (tertiary/aromatic N) is 1. The van der Waals surface area contributed by atoms with E-state index in [0.29, 0.717) is 22.5 Å². The van der Waals surface area contributed by atoms with Gasteiger partial charge in [-0.3, -0.25) is 4.79 Å². The molecule has 2 atom stereocenters. The van der Waals surface area contributed by atoms with Gasteiger partial charge in [0.25, 0.3) is 5.91 Å². The van der Waals surface area contributed by atoms with Crippen LogP contribution in [-0.4, -0.2) is 36.5 Å². The first kappa shape index (κ1) is 12.0. The number of benzene rings is 1. The molecule has 0 aromatic heterocycles. The maximum absolute atomic E-state index is 12.4. The minimum Gasteiger partial charge on any atom is -0.337 e. The third-order valence-electron chi connectivity index (χ3n) is 3.99. The van der Waals surface area contributed by atoms with Crippen molar-refractivity contribution in [3.8, 4) is 0 Å². The van der Waals surface area contributed by atoms with E-state index in [1.807, 2.05) is 17.0 Å². The molecule has 1 amide bonds. The number of hydrogen-bond donors (Lipinski definition) is 1. The van der Waals surface area contributed by atoms with Crippen LogP contribution < -0.4 is 5.32 Å². The van der Waals surface area contributed by atoms with Crippen molar-refractivity contribution in [3.05, 3.63) is 34.9 Å². The van der Waals surface area contributed by atoms with Gasteiger partial charge in [0.2, 0.25) is 0 Å². The van der Waals surface area contributed by atoms with Crippen LogP contribution in [0.4, 0.5) is 0 Å². The van der Waals surface area contributed by atoms with Crippen molar-refractivity contribution < 1.29 is 4.79 Å². The summed E-state index contributed by atoms with van der Waals surface area (Å²) in [6.45, 7) is 2.76. The second-order valence-corrected chi connectivity index (χ2v) is 5.56.